The molecule has 31 heavy (non-hydrogen) atoms. The number of halogens is 3. The van der Waals surface area contributed by atoms with Crippen LogP contribution >= 0.6 is 0 Å². The molecule has 5 aromatic rings. The summed E-state index contributed by atoms with van der Waals surface area (Å²) in [5.41, 5.74) is 1.53. The van der Waals surface area contributed by atoms with E-state index in [1.165, 1.54) is 29.1 Å². The van der Waals surface area contributed by atoms with Gasteiger partial charge in [0.05, 0.1) is 16.6 Å². The molecule has 5 rings (SSSR count). The molecule has 8 heteroatoms. The number of pyridine rings is 2. The quantitative estimate of drug-likeness (QED) is 0.378. The van der Waals surface area contributed by atoms with Crippen LogP contribution in [0.5, 0.6) is 0 Å². The molecule has 0 bridgehead atoms. The van der Waals surface area contributed by atoms with E-state index in [0.717, 1.165) is 23.3 Å². The van der Waals surface area contributed by atoms with Crippen LogP contribution in [-0.4, -0.2) is 19.5 Å². The van der Waals surface area contributed by atoms with Crippen molar-refractivity contribution in [2.45, 2.75) is 6.18 Å². The van der Waals surface area contributed by atoms with E-state index >= 15 is 0 Å². The molecule has 0 saturated carbocycles. The fourth-order valence-corrected chi connectivity index (χ4v) is 3.62. The second kappa shape index (κ2) is 7.02. The van der Waals surface area contributed by atoms with Crippen molar-refractivity contribution in [2.24, 2.45) is 0 Å². The summed E-state index contributed by atoms with van der Waals surface area (Å²) in [5, 5.41) is 1.26. The van der Waals surface area contributed by atoms with E-state index in [2.05, 4.69) is 15.0 Å². The molecule has 0 radical (unpaired) electrons. The van der Waals surface area contributed by atoms with Gasteiger partial charge in [0.1, 0.15) is 6.33 Å². The summed E-state index contributed by atoms with van der Waals surface area (Å²) in [6.07, 6.45) is 1.83. The van der Waals surface area contributed by atoms with E-state index in [-0.39, 0.29) is 5.69 Å². The lowest BCUT2D eigenvalue weighted by Gasteiger charge is -2.15. The minimum Gasteiger partial charge on any atom is -0.276 e. The molecule has 0 spiro atoms. The van der Waals surface area contributed by atoms with Gasteiger partial charge in [0.2, 0.25) is 0 Å². The first-order chi connectivity index (χ1) is 14.9. The number of fused-ring (bicyclic) bond motifs is 3. The topological polar surface area (TPSA) is 60.7 Å². The lowest BCUT2D eigenvalue weighted by atomic mass is 10.0. The SMILES string of the molecule is O=c1ccc2cnc3ccc(-c4cncnc4)cc3c2n1-c1cccc(C(F)(F)F)c1. The first-order valence-electron chi connectivity index (χ1n) is 9.29. The van der Waals surface area contributed by atoms with Gasteiger partial charge in [-0.3, -0.25) is 14.3 Å². The zero-order valence-electron chi connectivity index (χ0n) is 15.8. The third-order valence-corrected chi connectivity index (χ3v) is 5.04. The normalized spacial score (nSPS) is 11.8. The monoisotopic (exact) mass is 418 g/mol. The molecule has 3 heterocycles. The molecular weight excluding hydrogens is 405 g/mol. The smallest absolute Gasteiger partial charge is 0.276 e. The van der Waals surface area contributed by atoms with Gasteiger partial charge < -0.3 is 0 Å². The Morgan fingerprint density at radius 2 is 1.65 bits per heavy atom. The highest BCUT2D eigenvalue weighted by Gasteiger charge is 2.30. The van der Waals surface area contributed by atoms with Gasteiger partial charge in [-0.25, -0.2) is 9.97 Å². The Balaban J connectivity index is 1.86. The molecule has 152 valence electrons. The number of rotatable bonds is 2. The molecule has 0 aliphatic carbocycles. The van der Waals surface area contributed by atoms with Gasteiger partial charge >= 0.3 is 6.18 Å². The van der Waals surface area contributed by atoms with Crippen molar-refractivity contribution in [3.8, 4) is 16.8 Å². The second-order valence-corrected chi connectivity index (χ2v) is 6.98. The summed E-state index contributed by atoms with van der Waals surface area (Å²) in [5.74, 6) is 0. The first kappa shape index (κ1) is 18.9. The molecule has 0 fully saturated rings. The van der Waals surface area contributed by atoms with Gasteiger partial charge in [0.25, 0.3) is 5.56 Å². The highest BCUT2D eigenvalue weighted by atomic mass is 19.4. The summed E-state index contributed by atoms with van der Waals surface area (Å²) in [4.78, 5) is 25.3. The van der Waals surface area contributed by atoms with Crippen molar-refractivity contribution in [3.63, 3.8) is 0 Å². The van der Waals surface area contributed by atoms with Gasteiger partial charge in [0.15, 0.2) is 0 Å². The van der Waals surface area contributed by atoms with E-state index in [1.807, 2.05) is 12.1 Å². The maximum Gasteiger partial charge on any atom is 0.416 e. The number of nitrogens with zero attached hydrogens (tertiary/aromatic N) is 4. The molecule has 0 atom stereocenters. The van der Waals surface area contributed by atoms with Crippen LogP contribution in [0.3, 0.4) is 0 Å². The lowest BCUT2D eigenvalue weighted by Crippen LogP contribution is -2.18. The van der Waals surface area contributed by atoms with Crippen LogP contribution < -0.4 is 5.56 Å². The summed E-state index contributed by atoms with van der Waals surface area (Å²) < 4.78 is 41.1. The number of aromatic nitrogens is 4. The molecule has 3 aromatic heterocycles. The van der Waals surface area contributed by atoms with E-state index in [0.29, 0.717) is 21.8 Å². The van der Waals surface area contributed by atoms with Crippen molar-refractivity contribution >= 4 is 21.8 Å². The Morgan fingerprint density at radius 3 is 2.42 bits per heavy atom. The molecule has 0 unspecified atom stereocenters. The molecular formula is C23H13F3N4O. The zero-order valence-corrected chi connectivity index (χ0v) is 15.8. The Morgan fingerprint density at radius 1 is 0.839 bits per heavy atom. The zero-order chi connectivity index (χ0) is 21.6. The van der Waals surface area contributed by atoms with Crippen LogP contribution in [-0.2, 0) is 6.18 Å². The summed E-state index contributed by atoms with van der Waals surface area (Å²) >= 11 is 0. The van der Waals surface area contributed by atoms with E-state index < -0.39 is 17.3 Å². The Hall–Kier alpha value is -4.07. The predicted octanol–water partition coefficient (Wildman–Crippen LogP) is 5.01. The van der Waals surface area contributed by atoms with Gasteiger partial charge in [0, 0.05) is 46.7 Å². The molecule has 0 N–H and O–H groups in total. The highest BCUT2D eigenvalue weighted by molar-refractivity contribution is 6.05. The molecule has 5 nitrogen and oxygen atoms in total. The highest BCUT2D eigenvalue weighted by Crippen LogP contribution is 2.32. The van der Waals surface area contributed by atoms with Gasteiger partial charge in [-0.2, -0.15) is 13.2 Å². The van der Waals surface area contributed by atoms with Crippen molar-refractivity contribution in [1.82, 2.24) is 19.5 Å². The summed E-state index contributed by atoms with van der Waals surface area (Å²) in [6, 6.07) is 13.2. The van der Waals surface area contributed by atoms with Crippen LogP contribution in [0.25, 0.3) is 38.6 Å². The largest absolute Gasteiger partial charge is 0.416 e. The van der Waals surface area contributed by atoms with Crippen LogP contribution in [0.2, 0.25) is 0 Å². The maximum atomic E-state index is 13.3. The van der Waals surface area contributed by atoms with Crippen LogP contribution in [0, 0.1) is 0 Å². The van der Waals surface area contributed by atoms with Crippen molar-refractivity contribution in [3.05, 3.63) is 95.4 Å². The van der Waals surface area contributed by atoms with Crippen LogP contribution in [0.1, 0.15) is 5.56 Å². The minimum absolute atomic E-state index is 0.131. The lowest BCUT2D eigenvalue weighted by molar-refractivity contribution is -0.137. The Kier molecular flexibility index (Phi) is 4.28. The number of alkyl halides is 3. The Bertz CT molecular complexity index is 1490. The van der Waals surface area contributed by atoms with E-state index in [4.69, 9.17) is 0 Å². The molecule has 0 aliphatic heterocycles. The van der Waals surface area contributed by atoms with Crippen molar-refractivity contribution in [2.75, 3.05) is 0 Å². The Labute approximate surface area is 173 Å². The average Bonchev–Trinajstić information content (AvgIpc) is 2.78. The van der Waals surface area contributed by atoms with Crippen molar-refractivity contribution in [1.29, 1.82) is 0 Å². The number of hydrogen-bond acceptors (Lipinski definition) is 4. The van der Waals surface area contributed by atoms with Gasteiger partial charge in [-0.05, 0) is 42.0 Å². The first-order valence-corrected chi connectivity index (χ1v) is 9.29. The van der Waals surface area contributed by atoms with E-state index in [9.17, 15) is 18.0 Å². The molecule has 0 aliphatic rings. The summed E-state index contributed by atoms with van der Waals surface area (Å²) in [7, 11) is 0. The number of hydrogen-bond donors (Lipinski definition) is 0. The fraction of sp³-hybridized carbons (Fsp3) is 0.0435. The fourth-order valence-electron chi connectivity index (χ4n) is 3.62. The van der Waals surface area contributed by atoms with Gasteiger partial charge in [-0.15, -0.1) is 0 Å². The molecule has 0 saturated heterocycles. The van der Waals surface area contributed by atoms with Crippen LogP contribution in [0.4, 0.5) is 13.2 Å². The number of benzene rings is 2. The third kappa shape index (κ3) is 3.31. The predicted molar refractivity (Wildman–Crippen MR) is 111 cm³/mol. The second-order valence-electron chi connectivity index (χ2n) is 6.98. The average molecular weight is 418 g/mol. The summed E-state index contributed by atoms with van der Waals surface area (Å²) in [6.45, 7) is 0. The molecule has 0 amide bonds. The van der Waals surface area contributed by atoms with Crippen molar-refractivity contribution < 1.29 is 13.2 Å². The standard InChI is InChI=1S/C23H13F3N4O/c24-23(25,26)17-2-1-3-18(9-17)30-21(31)7-5-15-12-29-20-6-4-14(8-19(20)22(15)30)16-10-27-13-28-11-16/h1-13H. The van der Waals surface area contributed by atoms with E-state index in [1.54, 1.807) is 30.7 Å². The molecule has 2 aromatic carbocycles. The maximum absolute atomic E-state index is 13.3. The minimum atomic E-state index is -4.52. The van der Waals surface area contributed by atoms with Crippen LogP contribution in [0.15, 0.2) is 84.3 Å². The third-order valence-electron chi connectivity index (χ3n) is 5.04. The van der Waals surface area contributed by atoms with Gasteiger partial charge in [-0.1, -0.05) is 12.1 Å².